The van der Waals surface area contributed by atoms with Crippen LogP contribution in [-0.2, 0) is 16.1 Å². The highest BCUT2D eigenvalue weighted by molar-refractivity contribution is 5.92. The minimum absolute atomic E-state index is 0.247. The highest BCUT2D eigenvalue weighted by Gasteiger charge is 2.14. The van der Waals surface area contributed by atoms with E-state index in [0.29, 0.717) is 13.2 Å². The molecule has 0 spiro atoms. The van der Waals surface area contributed by atoms with E-state index in [2.05, 4.69) is 4.98 Å². The van der Waals surface area contributed by atoms with Crippen LogP contribution in [0.5, 0.6) is 0 Å². The lowest BCUT2D eigenvalue weighted by molar-refractivity contribution is -0.0446. The van der Waals surface area contributed by atoms with Crippen LogP contribution in [0.1, 0.15) is 24.8 Å². The Morgan fingerprint density at radius 3 is 3.10 bits per heavy atom. The predicted octanol–water partition coefficient (Wildman–Crippen LogP) is 2.90. The SMILES string of the molecule is Nc1ccc(COCC2CCCCO2)c2ncccc12. The smallest absolute Gasteiger partial charge is 0.0808 e. The van der Waals surface area contributed by atoms with Crippen LogP contribution in [0.25, 0.3) is 10.9 Å². The Labute approximate surface area is 118 Å². The van der Waals surface area contributed by atoms with Crippen molar-refractivity contribution >= 4 is 16.6 Å². The molecule has 20 heavy (non-hydrogen) atoms. The summed E-state index contributed by atoms with van der Waals surface area (Å²) in [6.07, 6.45) is 5.54. The number of pyridine rings is 1. The summed E-state index contributed by atoms with van der Waals surface area (Å²) in [5, 5.41) is 0.988. The Morgan fingerprint density at radius 2 is 2.25 bits per heavy atom. The molecule has 106 valence electrons. The molecule has 1 aliphatic heterocycles. The Balaban J connectivity index is 1.67. The van der Waals surface area contributed by atoms with E-state index in [4.69, 9.17) is 15.2 Å². The van der Waals surface area contributed by atoms with E-state index in [1.807, 2.05) is 24.3 Å². The van der Waals surface area contributed by atoms with Gasteiger partial charge in [0.05, 0.1) is 24.8 Å². The molecule has 3 rings (SSSR count). The van der Waals surface area contributed by atoms with Gasteiger partial charge in [0, 0.05) is 29.4 Å². The van der Waals surface area contributed by atoms with E-state index < -0.39 is 0 Å². The summed E-state index contributed by atoms with van der Waals surface area (Å²) >= 11 is 0. The van der Waals surface area contributed by atoms with Gasteiger partial charge in [-0.3, -0.25) is 4.98 Å². The summed E-state index contributed by atoms with van der Waals surface area (Å²) in [5.74, 6) is 0. The Hall–Kier alpha value is -1.65. The molecule has 1 unspecified atom stereocenters. The van der Waals surface area contributed by atoms with E-state index in [-0.39, 0.29) is 6.10 Å². The molecule has 1 fully saturated rings. The average Bonchev–Trinajstić information content (AvgIpc) is 2.51. The zero-order chi connectivity index (χ0) is 13.8. The lowest BCUT2D eigenvalue weighted by atomic mass is 10.1. The summed E-state index contributed by atoms with van der Waals surface area (Å²) < 4.78 is 11.5. The standard InChI is InChI=1S/C16H20N2O2/c17-15-7-6-12(16-14(15)5-3-8-18-16)10-19-11-13-4-1-2-9-20-13/h3,5-8,13H,1-2,4,9-11,17H2. The van der Waals surface area contributed by atoms with E-state index in [9.17, 15) is 0 Å². The first-order valence-electron chi connectivity index (χ1n) is 7.16. The van der Waals surface area contributed by atoms with Crippen LogP contribution >= 0.6 is 0 Å². The molecule has 1 aliphatic rings. The Kier molecular flexibility index (Phi) is 4.14. The second-order valence-electron chi connectivity index (χ2n) is 5.22. The maximum Gasteiger partial charge on any atom is 0.0808 e. The minimum Gasteiger partial charge on any atom is -0.398 e. The first-order valence-corrected chi connectivity index (χ1v) is 7.16. The maximum atomic E-state index is 5.97. The van der Waals surface area contributed by atoms with E-state index >= 15 is 0 Å². The van der Waals surface area contributed by atoms with Crippen molar-refractivity contribution in [1.82, 2.24) is 4.98 Å². The number of nitrogens with two attached hydrogens (primary N) is 1. The molecule has 2 aromatic rings. The summed E-state index contributed by atoms with van der Waals surface area (Å²) in [6.45, 7) is 2.06. The number of rotatable bonds is 4. The number of ether oxygens (including phenoxy) is 2. The number of hydrogen-bond acceptors (Lipinski definition) is 4. The van der Waals surface area contributed by atoms with E-state index in [1.165, 1.54) is 12.8 Å². The molecular weight excluding hydrogens is 252 g/mol. The lowest BCUT2D eigenvalue weighted by Gasteiger charge is -2.22. The van der Waals surface area contributed by atoms with Gasteiger partial charge in [0.2, 0.25) is 0 Å². The molecule has 4 nitrogen and oxygen atoms in total. The fourth-order valence-corrected chi connectivity index (χ4v) is 2.61. The fraction of sp³-hybridized carbons (Fsp3) is 0.438. The maximum absolute atomic E-state index is 5.97. The molecule has 1 atom stereocenters. The van der Waals surface area contributed by atoms with Crippen LogP contribution in [0.15, 0.2) is 30.5 Å². The fourth-order valence-electron chi connectivity index (χ4n) is 2.61. The second-order valence-corrected chi connectivity index (χ2v) is 5.22. The molecule has 4 heteroatoms. The minimum atomic E-state index is 0.247. The summed E-state index contributed by atoms with van der Waals surface area (Å²) in [5.41, 5.74) is 8.73. The van der Waals surface area contributed by atoms with Crippen LogP contribution in [0.3, 0.4) is 0 Å². The number of nitrogens with zero attached hydrogens (tertiary/aromatic N) is 1. The van der Waals surface area contributed by atoms with Crippen molar-refractivity contribution in [1.29, 1.82) is 0 Å². The van der Waals surface area contributed by atoms with Crippen LogP contribution < -0.4 is 5.73 Å². The first kappa shape index (κ1) is 13.3. The number of anilines is 1. The molecule has 1 aromatic heterocycles. The van der Waals surface area contributed by atoms with Crippen LogP contribution in [0.2, 0.25) is 0 Å². The van der Waals surface area contributed by atoms with Gasteiger partial charge in [-0.2, -0.15) is 0 Å². The first-order chi connectivity index (χ1) is 9.84. The zero-order valence-electron chi connectivity index (χ0n) is 11.5. The summed E-state index contributed by atoms with van der Waals surface area (Å²) in [4.78, 5) is 4.42. The molecule has 2 heterocycles. The van der Waals surface area contributed by atoms with Crippen molar-refractivity contribution in [3.05, 3.63) is 36.0 Å². The van der Waals surface area contributed by atoms with E-state index in [1.54, 1.807) is 6.20 Å². The number of fused-ring (bicyclic) bond motifs is 1. The molecule has 2 N–H and O–H groups in total. The Morgan fingerprint density at radius 1 is 1.30 bits per heavy atom. The third kappa shape index (κ3) is 2.92. The molecule has 1 aromatic carbocycles. The van der Waals surface area contributed by atoms with Crippen LogP contribution in [0, 0.1) is 0 Å². The van der Waals surface area contributed by atoms with Crippen LogP contribution in [0.4, 0.5) is 5.69 Å². The van der Waals surface area contributed by atoms with Gasteiger partial charge in [-0.15, -0.1) is 0 Å². The highest BCUT2D eigenvalue weighted by atomic mass is 16.5. The second kappa shape index (κ2) is 6.20. The van der Waals surface area contributed by atoms with Gasteiger partial charge in [-0.05, 0) is 37.5 Å². The van der Waals surface area contributed by atoms with E-state index in [0.717, 1.165) is 35.2 Å². The highest BCUT2D eigenvalue weighted by Crippen LogP contribution is 2.23. The normalized spacial score (nSPS) is 19.3. The molecular formula is C16H20N2O2. The van der Waals surface area contributed by atoms with Crippen molar-refractivity contribution in [3.63, 3.8) is 0 Å². The molecule has 0 amide bonds. The number of hydrogen-bond donors (Lipinski definition) is 1. The molecule has 1 saturated heterocycles. The van der Waals surface area contributed by atoms with Gasteiger partial charge in [0.1, 0.15) is 0 Å². The molecule has 0 bridgehead atoms. The molecule has 0 aliphatic carbocycles. The summed E-state index contributed by atoms with van der Waals surface area (Å²) in [7, 11) is 0. The third-order valence-corrected chi connectivity index (χ3v) is 3.72. The lowest BCUT2D eigenvalue weighted by Crippen LogP contribution is -2.24. The van der Waals surface area contributed by atoms with Gasteiger partial charge >= 0.3 is 0 Å². The van der Waals surface area contributed by atoms with Crippen molar-refractivity contribution in [2.24, 2.45) is 0 Å². The number of benzene rings is 1. The molecule has 0 radical (unpaired) electrons. The van der Waals surface area contributed by atoms with Crippen molar-refractivity contribution in [2.75, 3.05) is 18.9 Å². The average molecular weight is 272 g/mol. The largest absolute Gasteiger partial charge is 0.398 e. The number of nitrogen functional groups attached to an aromatic ring is 1. The van der Waals surface area contributed by atoms with Crippen LogP contribution in [-0.4, -0.2) is 24.3 Å². The van der Waals surface area contributed by atoms with Gasteiger partial charge in [0.25, 0.3) is 0 Å². The Bertz CT molecular complexity index is 580. The zero-order valence-corrected chi connectivity index (χ0v) is 11.5. The molecule has 0 saturated carbocycles. The van der Waals surface area contributed by atoms with Crippen molar-refractivity contribution in [2.45, 2.75) is 32.0 Å². The predicted molar refractivity (Wildman–Crippen MR) is 79.4 cm³/mol. The van der Waals surface area contributed by atoms with Gasteiger partial charge in [0.15, 0.2) is 0 Å². The quantitative estimate of drug-likeness (QED) is 0.869. The van der Waals surface area contributed by atoms with Gasteiger partial charge < -0.3 is 15.2 Å². The van der Waals surface area contributed by atoms with Crippen molar-refractivity contribution < 1.29 is 9.47 Å². The third-order valence-electron chi connectivity index (χ3n) is 3.72. The number of aromatic nitrogens is 1. The topological polar surface area (TPSA) is 57.4 Å². The van der Waals surface area contributed by atoms with Gasteiger partial charge in [-0.1, -0.05) is 6.07 Å². The van der Waals surface area contributed by atoms with Crippen molar-refractivity contribution in [3.8, 4) is 0 Å². The van der Waals surface area contributed by atoms with Gasteiger partial charge in [-0.25, -0.2) is 0 Å². The summed E-state index contributed by atoms with van der Waals surface area (Å²) in [6, 6.07) is 7.80. The monoisotopic (exact) mass is 272 g/mol.